The molecular formula is C16H22N2O3. The number of benzene rings is 1. The molecule has 0 aliphatic carbocycles. The van der Waals surface area contributed by atoms with Gasteiger partial charge in [0.05, 0.1) is 0 Å². The van der Waals surface area contributed by atoms with Crippen LogP contribution in [-0.2, 0) is 16.0 Å². The molecule has 1 heterocycles. The summed E-state index contributed by atoms with van der Waals surface area (Å²) in [7, 11) is 0. The van der Waals surface area contributed by atoms with Crippen molar-refractivity contribution < 1.29 is 14.7 Å². The zero-order valence-corrected chi connectivity index (χ0v) is 12.0. The van der Waals surface area contributed by atoms with Gasteiger partial charge < -0.3 is 15.7 Å². The molecule has 1 aliphatic heterocycles. The van der Waals surface area contributed by atoms with Crippen LogP contribution >= 0.6 is 0 Å². The summed E-state index contributed by atoms with van der Waals surface area (Å²) in [5.41, 5.74) is 1.08. The molecule has 1 aromatic rings. The van der Waals surface area contributed by atoms with E-state index in [1.54, 1.807) is 0 Å². The first-order valence-electron chi connectivity index (χ1n) is 7.42. The van der Waals surface area contributed by atoms with Gasteiger partial charge in [0, 0.05) is 6.42 Å². The van der Waals surface area contributed by atoms with E-state index in [9.17, 15) is 14.7 Å². The van der Waals surface area contributed by atoms with Gasteiger partial charge in [0.1, 0.15) is 6.04 Å². The van der Waals surface area contributed by atoms with Gasteiger partial charge in [-0.25, -0.2) is 4.79 Å². The Balaban J connectivity index is 1.81. The van der Waals surface area contributed by atoms with Gasteiger partial charge in [0.2, 0.25) is 5.91 Å². The molecule has 21 heavy (non-hydrogen) atoms. The molecule has 114 valence electrons. The van der Waals surface area contributed by atoms with Crippen LogP contribution in [-0.4, -0.2) is 36.1 Å². The second-order valence-electron chi connectivity index (χ2n) is 5.55. The molecule has 1 aliphatic rings. The number of carbonyl (C=O) groups excluding carboxylic acids is 1. The average molecular weight is 290 g/mol. The summed E-state index contributed by atoms with van der Waals surface area (Å²) in [5, 5.41) is 15.1. The van der Waals surface area contributed by atoms with Crippen molar-refractivity contribution in [2.75, 3.05) is 13.1 Å². The number of hydrogen-bond donors (Lipinski definition) is 3. The fourth-order valence-electron chi connectivity index (χ4n) is 2.62. The number of aliphatic carboxylic acids is 1. The predicted molar refractivity (Wildman–Crippen MR) is 79.9 cm³/mol. The lowest BCUT2D eigenvalue weighted by Crippen LogP contribution is -2.41. The van der Waals surface area contributed by atoms with Crippen molar-refractivity contribution >= 4 is 11.9 Å². The number of amides is 1. The highest BCUT2D eigenvalue weighted by Crippen LogP contribution is 2.12. The van der Waals surface area contributed by atoms with Crippen LogP contribution in [0.2, 0.25) is 0 Å². The van der Waals surface area contributed by atoms with Crippen molar-refractivity contribution in [3.63, 3.8) is 0 Å². The minimum Gasteiger partial charge on any atom is -0.480 e. The Bertz CT molecular complexity index is 470. The van der Waals surface area contributed by atoms with Crippen LogP contribution in [0.4, 0.5) is 0 Å². The molecule has 5 nitrogen and oxygen atoms in total. The van der Waals surface area contributed by atoms with Gasteiger partial charge in [0.25, 0.3) is 0 Å². The second kappa shape index (κ2) is 7.78. The van der Waals surface area contributed by atoms with Crippen LogP contribution in [0.3, 0.4) is 0 Å². The standard InChI is InChI=1S/C16H22N2O3/c19-15(10-13-8-9-17-11-13)18-14(16(20)21)7-6-12-4-2-1-3-5-12/h1-5,13-14,17H,6-11H2,(H,18,19)(H,20,21). The topological polar surface area (TPSA) is 78.4 Å². The van der Waals surface area contributed by atoms with Gasteiger partial charge in [-0.05, 0) is 43.8 Å². The lowest BCUT2D eigenvalue weighted by atomic mass is 10.0. The third-order valence-corrected chi connectivity index (χ3v) is 3.83. The van der Waals surface area contributed by atoms with Crippen LogP contribution in [0.1, 0.15) is 24.8 Å². The molecule has 0 aromatic heterocycles. The number of carbonyl (C=O) groups is 2. The van der Waals surface area contributed by atoms with Crippen LogP contribution in [0.5, 0.6) is 0 Å². The highest BCUT2D eigenvalue weighted by molar-refractivity contribution is 5.83. The molecule has 0 bridgehead atoms. The van der Waals surface area contributed by atoms with Crippen molar-refractivity contribution in [3.8, 4) is 0 Å². The maximum absolute atomic E-state index is 11.9. The first-order valence-corrected chi connectivity index (χ1v) is 7.42. The highest BCUT2D eigenvalue weighted by Gasteiger charge is 2.23. The van der Waals surface area contributed by atoms with Crippen molar-refractivity contribution in [2.45, 2.75) is 31.7 Å². The number of nitrogens with one attached hydrogen (secondary N) is 2. The third kappa shape index (κ3) is 5.19. The Hall–Kier alpha value is -1.88. The molecule has 2 unspecified atom stereocenters. The van der Waals surface area contributed by atoms with E-state index in [4.69, 9.17) is 0 Å². The van der Waals surface area contributed by atoms with Gasteiger partial charge in [-0.15, -0.1) is 0 Å². The van der Waals surface area contributed by atoms with Crippen LogP contribution in [0, 0.1) is 5.92 Å². The van der Waals surface area contributed by atoms with Crippen molar-refractivity contribution in [3.05, 3.63) is 35.9 Å². The number of aryl methyl sites for hydroxylation is 1. The molecule has 1 amide bonds. The van der Waals surface area contributed by atoms with E-state index in [0.717, 1.165) is 25.1 Å². The first-order chi connectivity index (χ1) is 10.1. The maximum Gasteiger partial charge on any atom is 0.326 e. The van der Waals surface area contributed by atoms with Gasteiger partial charge in [-0.2, -0.15) is 0 Å². The Labute approximate surface area is 124 Å². The van der Waals surface area contributed by atoms with E-state index in [2.05, 4.69) is 10.6 Å². The SMILES string of the molecule is O=C(CC1CCNC1)NC(CCc1ccccc1)C(=O)O. The van der Waals surface area contributed by atoms with E-state index in [0.29, 0.717) is 25.2 Å². The first kappa shape index (κ1) is 15.5. The molecule has 2 rings (SSSR count). The van der Waals surface area contributed by atoms with E-state index >= 15 is 0 Å². The monoisotopic (exact) mass is 290 g/mol. The maximum atomic E-state index is 11.9. The molecule has 5 heteroatoms. The molecule has 0 radical (unpaired) electrons. The molecule has 0 saturated carbocycles. The van der Waals surface area contributed by atoms with Gasteiger partial charge in [-0.3, -0.25) is 4.79 Å². The summed E-state index contributed by atoms with van der Waals surface area (Å²) < 4.78 is 0. The van der Waals surface area contributed by atoms with E-state index in [-0.39, 0.29) is 5.91 Å². The summed E-state index contributed by atoms with van der Waals surface area (Å²) in [4.78, 5) is 23.2. The number of carboxylic acid groups (broad SMARTS) is 1. The van der Waals surface area contributed by atoms with Gasteiger partial charge in [0.15, 0.2) is 0 Å². The van der Waals surface area contributed by atoms with E-state index < -0.39 is 12.0 Å². The predicted octanol–water partition coefficient (Wildman–Crippen LogP) is 1.19. The molecule has 0 spiro atoms. The Kier molecular flexibility index (Phi) is 5.75. The van der Waals surface area contributed by atoms with Crippen molar-refractivity contribution in [1.82, 2.24) is 10.6 Å². The van der Waals surface area contributed by atoms with Crippen LogP contribution < -0.4 is 10.6 Å². The summed E-state index contributed by atoms with van der Waals surface area (Å²) >= 11 is 0. The van der Waals surface area contributed by atoms with Crippen LogP contribution in [0.25, 0.3) is 0 Å². The smallest absolute Gasteiger partial charge is 0.326 e. The quantitative estimate of drug-likeness (QED) is 0.705. The fraction of sp³-hybridized carbons (Fsp3) is 0.500. The zero-order chi connectivity index (χ0) is 15.1. The minimum atomic E-state index is -0.969. The Morgan fingerprint density at radius 2 is 2.10 bits per heavy atom. The summed E-state index contributed by atoms with van der Waals surface area (Å²) in [6.45, 7) is 1.78. The number of carboxylic acids is 1. The van der Waals surface area contributed by atoms with Crippen molar-refractivity contribution in [1.29, 1.82) is 0 Å². The fourth-order valence-corrected chi connectivity index (χ4v) is 2.62. The van der Waals surface area contributed by atoms with Crippen LogP contribution in [0.15, 0.2) is 30.3 Å². The van der Waals surface area contributed by atoms with E-state index in [1.165, 1.54) is 0 Å². The van der Waals surface area contributed by atoms with Gasteiger partial charge in [-0.1, -0.05) is 30.3 Å². The Morgan fingerprint density at radius 3 is 2.71 bits per heavy atom. The largest absolute Gasteiger partial charge is 0.480 e. The highest BCUT2D eigenvalue weighted by atomic mass is 16.4. The molecule has 2 atom stereocenters. The number of rotatable bonds is 7. The van der Waals surface area contributed by atoms with E-state index in [1.807, 2.05) is 30.3 Å². The number of hydrogen-bond acceptors (Lipinski definition) is 3. The van der Waals surface area contributed by atoms with Crippen molar-refractivity contribution in [2.24, 2.45) is 5.92 Å². The average Bonchev–Trinajstić information content (AvgIpc) is 2.97. The lowest BCUT2D eigenvalue weighted by molar-refractivity contribution is -0.142. The third-order valence-electron chi connectivity index (χ3n) is 3.83. The molecular weight excluding hydrogens is 268 g/mol. The summed E-state index contributed by atoms with van der Waals surface area (Å²) in [6.07, 6.45) is 2.44. The minimum absolute atomic E-state index is 0.163. The lowest BCUT2D eigenvalue weighted by Gasteiger charge is -2.16. The Morgan fingerprint density at radius 1 is 1.33 bits per heavy atom. The molecule has 1 fully saturated rings. The summed E-state index contributed by atoms with van der Waals surface area (Å²) in [5.74, 6) is -0.804. The molecule has 1 saturated heterocycles. The normalized spacial score (nSPS) is 19.1. The molecule has 3 N–H and O–H groups in total. The summed E-state index contributed by atoms with van der Waals surface area (Å²) in [6, 6.07) is 8.89. The molecule has 1 aromatic carbocycles. The second-order valence-corrected chi connectivity index (χ2v) is 5.55. The van der Waals surface area contributed by atoms with Gasteiger partial charge >= 0.3 is 5.97 Å². The zero-order valence-electron chi connectivity index (χ0n) is 12.0.